The highest BCUT2D eigenvalue weighted by Crippen LogP contribution is 2.48. The smallest absolute Gasteiger partial charge is 0.330 e. The molecule has 1 aliphatic rings. The summed E-state index contributed by atoms with van der Waals surface area (Å²) in [6.07, 6.45) is 6.31. The molecule has 1 aliphatic heterocycles. The lowest BCUT2D eigenvalue weighted by Crippen LogP contribution is -2.44. The molecule has 2 atom stereocenters. The van der Waals surface area contributed by atoms with E-state index in [1.807, 2.05) is 20.8 Å². The number of methoxy groups -OCH3 is 1. The third-order valence-electron chi connectivity index (χ3n) is 6.56. The van der Waals surface area contributed by atoms with Crippen molar-refractivity contribution in [1.82, 2.24) is 26.2 Å². The summed E-state index contributed by atoms with van der Waals surface area (Å²) < 4.78 is 39.0. The van der Waals surface area contributed by atoms with Gasteiger partial charge in [-0.15, -0.1) is 0 Å². The van der Waals surface area contributed by atoms with Crippen LogP contribution in [0.5, 0.6) is 0 Å². The lowest BCUT2D eigenvalue weighted by molar-refractivity contribution is -0.128. The summed E-state index contributed by atoms with van der Waals surface area (Å²) >= 11 is 0. The first kappa shape index (κ1) is 48.7. The third kappa shape index (κ3) is 31.3. The minimum Gasteiger partial charge on any atom is -0.380 e. The van der Waals surface area contributed by atoms with Crippen molar-refractivity contribution in [1.29, 1.82) is 0 Å². The Morgan fingerprint density at radius 3 is 1.88 bits per heavy atom. The molecule has 0 radical (unpaired) electrons. The molecule has 4 amide bonds. The highest BCUT2D eigenvalue weighted by atomic mass is 31.2. The Balaban J connectivity index is 0. The minimum absolute atomic E-state index is 0.160. The standard InChI is InChI=1S/C24H45N4O10P.C6H13NO.C2H6/c1-3-5-17-39(34,37-4-2)38-16-15-36-14-13-35-12-10-25-22(31)18-27-24(33)20-28-23(32)19-26-21(30)9-7-6-8-11-29;1-7-4-3-6(5-7)8-2;1-2/h11H,3-10,12-20H2,1-2H3,(H,25,31)(H,26,30)(H,27,33)(H,28,32);6H,3-5H2,1-2H3;1-2H3/t;6-;/m.0./s1. The maximum Gasteiger partial charge on any atom is 0.330 e. The Bertz CT molecular complexity index is 930. The first-order chi connectivity index (χ1) is 23.6. The molecule has 0 spiro atoms. The molecule has 0 aromatic heterocycles. The maximum atomic E-state index is 12.4. The van der Waals surface area contributed by atoms with Gasteiger partial charge in [0.05, 0.1) is 71.5 Å². The number of unbranched alkanes of at least 4 members (excludes halogenated alkanes) is 3. The number of amides is 4. The second kappa shape index (κ2) is 34.0. The van der Waals surface area contributed by atoms with Crippen molar-refractivity contribution in [3.63, 3.8) is 0 Å². The summed E-state index contributed by atoms with van der Waals surface area (Å²) in [7, 11) is 0.840. The van der Waals surface area contributed by atoms with E-state index in [0.717, 1.165) is 25.7 Å². The van der Waals surface area contributed by atoms with Crippen molar-refractivity contribution in [3.8, 4) is 0 Å². The molecule has 1 saturated heterocycles. The fourth-order valence-corrected chi connectivity index (χ4v) is 5.73. The van der Waals surface area contributed by atoms with E-state index >= 15 is 0 Å². The number of ether oxygens (including phenoxy) is 3. The summed E-state index contributed by atoms with van der Waals surface area (Å²) in [4.78, 5) is 59.3. The van der Waals surface area contributed by atoms with Gasteiger partial charge >= 0.3 is 7.60 Å². The van der Waals surface area contributed by atoms with E-state index in [4.69, 9.17) is 23.3 Å². The number of aldehydes is 1. The second-order valence-corrected chi connectivity index (χ2v) is 12.9. The van der Waals surface area contributed by atoms with Gasteiger partial charge in [-0.3, -0.25) is 23.7 Å². The van der Waals surface area contributed by atoms with Crippen LogP contribution in [0.3, 0.4) is 0 Å². The number of carbonyl (C=O) groups excluding carboxylic acids is 5. The van der Waals surface area contributed by atoms with Crippen LogP contribution in [0.15, 0.2) is 0 Å². The van der Waals surface area contributed by atoms with E-state index < -0.39 is 25.3 Å². The summed E-state index contributed by atoms with van der Waals surface area (Å²) in [5.41, 5.74) is 0. The normalized spacial score (nSPS) is 15.0. The van der Waals surface area contributed by atoms with Gasteiger partial charge in [0.25, 0.3) is 0 Å². The Morgan fingerprint density at radius 1 is 0.796 bits per heavy atom. The van der Waals surface area contributed by atoms with Crippen LogP contribution < -0.4 is 21.3 Å². The molecule has 4 N–H and O–H groups in total. The van der Waals surface area contributed by atoms with Crippen molar-refractivity contribution in [2.45, 2.75) is 78.7 Å². The molecule has 0 aliphatic carbocycles. The van der Waals surface area contributed by atoms with Crippen molar-refractivity contribution in [3.05, 3.63) is 0 Å². The number of nitrogens with one attached hydrogen (secondary N) is 4. The van der Waals surface area contributed by atoms with Gasteiger partial charge in [-0.05, 0) is 39.7 Å². The first-order valence-corrected chi connectivity index (χ1v) is 19.1. The molecule has 17 heteroatoms. The van der Waals surface area contributed by atoms with E-state index in [1.54, 1.807) is 14.0 Å². The van der Waals surface area contributed by atoms with E-state index in [1.165, 1.54) is 13.0 Å². The van der Waals surface area contributed by atoms with Crippen LogP contribution in [0, 0.1) is 0 Å². The lowest BCUT2D eigenvalue weighted by Gasteiger charge is -2.17. The van der Waals surface area contributed by atoms with Crippen LogP contribution in [-0.2, 0) is 51.8 Å². The van der Waals surface area contributed by atoms with Crippen molar-refractivity contribution < 1.29 is 51.8 Å². The molecule has 1 unspecified atom stereocenters. The predicted octanol–water partition coefficient (Wildman–Crippen LogP) is 1.65. The van der Waals surface area contributed by atoms with Crippen LogP contribution in [0.4, 0.5) is 0 Å². The molecule has 1 fully saturated rings. The first-order valence-electron chi connectivity index (χ1n) is 17.3. The van der Waals surface area contributed by atoms with E-state index in [0.29, 0.717) is 51.3 Å². The van der Waals surface area contributed by atoms with Gasteiger partial charge in [0, 0.05) is 39.6 Å². The Labute approximate surface area is 293 Å². The molecule has 0 saturated carbocycles. The predicted molar refractivity (Wildman–Crippen MR) is 187 cm³/mol. The fraction of sp³-hybridized carbons (Fsp3) is 0.844. The number of hydrogen-bond acceptors (Lipinski definition) is 12. The number of rotatable bonds is 27. The average molecular weight is 726 g/mol. The topological polar surface area (TPSA) is 200 Å². The molecular formula is C32H64N5O11P. The molecule has 288 valence electrons. The molecule has 1 rings (SSSR count). The van der Waals surface area contributed by atoms with Crippen molar-refractivity contribution in [2.24, 2.45) is 0 Å². The zero-order valence-electron chi connectivity index (χ0n) is 30.7. The minimum atomic E-state index is -3.07. The zero-order valence-corrected chi connectivity index (χ0v) is 31.6. The van der Waals surface area contributed by atoms with Gasteiger partial charge in [-0.25, -0.2) is 0 Å². The summed E-state index contributed by atoms with van der Waals surface area (Å²) in [5, 5.41) is 9.71. The van der Waals surface area contributed by atoms with Gasteiger partial charge < -0.3 is 54.2 Å². The van der Waals surface area contributed by atoms with E-state index in [-0.39, 0.29) is 58.3 Å². The third-order valence-corrected chi connectivity index (χ3v) is 8.65. The molecule has 16 nitrogen and oxygen atoms in total. The molecule has 0 bridgehead atoms. The van der Waals surface area contributed by atoms with Gasteiger partial charge in [-0.1, -0.05) is 27.2 Å². The Hall–Kier alpha value is -2.46. The van der Waals surface area contributed by atoms with Crippen LogP contribution in [-0.4, -0.2) is 140 Å². The monoisotopic (exact) mass is 725 g/mol. The molecular weight excluding hydrogens is 661 g/mol. The quantitative estimate of drug-likeness (QED) is 0.0543. The number of likely N-dealkylation sites (N-methyl/N-ethyl adjacent to an activating group) is 1. The Kier molecular flexibility index (Phi) is 33.8. The van der Waals surface area contributed by atoms with Gasteiger partial charge in [0.1, 0.15) is 6.29 Å². The molecule has 1 heterocycles. The van der Waals surface area contributed by atoms with Crippen molar-refractivity contribution >= 4 is 37.5 Å². The molecule has 49 heavy (non-hydrogen) atoms. The maximum absolute atomic E-state index is 12.4. The fourth-order valence-electron chi connectivity index (χ4n) is 3.95. The van der Waals surface area contributed by atoms with Gasteiger partial charge in [-0.2, -0.15) is 0 Å². The summed E-state index contributed by atoms with van der Waals surface area (Å²) in [5.74, 6) is -1.83. The Morgan fingerprint density at radius 2 is 1.37 bits per heavy atom. The summed E-state index contributed by atoms with van der Waals surface area (Å²) in [6.45, 7) is 11.0. The highest BCUT2D eigenvalue weighted by Gasteiger charge is 2.23. The SMILES string of the molecule is CC.CCCCP(=O)(OCC)OCCOCCOCCNC(=O)CNC(=O)CNC(=O)CNC(=O)CCCCC=O.CO[C@H]1CCN(C)C1. The number of nitrogens with zero attached hydrogens (tertiary/aromatic N) is 1. The van der Waals surface area contributed by atoms with Gasteiger partial charge in [0.15, 0.2) is 0 Å². The van der Waals surface area contributed by atoms with E-state index in [2.05, 4.69) is 33.2 Å². The largest absolute Gasteiger partial charge is 0.380 e. The number of carbonyl (C=O) groups is 5. The van der Waals surface area contributed by atoms with E-state index in [9.17, 15) is 28.5 Å². The lowest BCUT2D eigenvalue weighted by atomic mass is 10.2. The summed E-state index contributed by atoms with van der Waals surface area (Å²) in [6, 6.07) is 0. The van der Waals surface area contributed by atoms with Gasteiger partial charge in [0.2, 0.25) is 23.6 Å². The zero-order chi connectivity index (χ0) is 37.2. The van der Waals surface area contributed by atoms with Crippen LogP contribution in [0.2, 0.25) is 0 Å². The average Bonchev–Trinajstić information content (AvgIpc) is 3.53. The van der Waals surface area contributed by atoms with Crippen LogP contribution in [0.1, 0.15) is 72.6 Å². The molecule has 0 aromatic rings. The molecule has 0 aromatic carbocycles. The number of hydrogen-bond donors (Lipinski definition) is 4. The van der Waals surface area contributed by atoms with Crippen LogP contribution in [0.25, 0.3) is 0 Å². The van der Waals surface area contributed by atoms with Crippen LogP contribution >= 0.6 is 7.60 Å². The second-order valence-electron chi connectivity index (χ2n) is 10.7. The number of likely N-dealkylation sites (tertiary alicyclic amines) is 1. The highest BCUT2D eigenvalue weighted by molar-refractivity contribution is 7.53. The van der Waals surface area contributed by atoms with Crippen molar-refractivity contribution in [2.75, 3.05) is 99.2 Å².